The quantitative estimate of drug-likeness (QED) is 0.421. The third kappa shape index (κ3) is 3.21. The zero-order valence-corrected chi connectivity index (χ0v) is 11.9. The molecule has 0 N–H and O–H groups in total. The van der Waals surface area contributed by atoms with Gasteiger partial charge in [-0.25, -0.2) is 0 Å². The molecule has 0 unspecified atom stereocenters. The van der Waals surface area contributed by atoms with Gasteiger partial charge in [0, 0.05) is 5.56 Å². The van der Waals surface area contributed by atoms with Crippen molar-refractivity contribution in [3.05, 3.63) is 33.9 Å². The topological polar surface area (TPSA) is 17.1 Å². The van der Waals surface area contributed by atoms with Crippen LogP contribution in [0.3, 0.4) is 0 Å². The molecule has 0 atom stereocenters. The Balaban J connectivity index is 0.00000225. The third-order valence-corrected chi connectivity index (χ3v) is 3.25. The summed E-state index contributed by atoms with van der Waals surface area (Å²) >= 11 is 0. The second-order valence-electron chi connectivity index (χ2n) is 4.06. The molecule has 3 heteroatoms. The normalized spacial score (nSPS) is 9.81. The maximum absolute atomic E-state index is 12.0. The first-order valence-corrected chi connectivity index (χ1v) is 5.95. The SMILES string of the molecule is Cc1cc(C)c(C)c(C(=O)CC[PH-])c1C.[Li+]. The number of benzene rings is 1. The minimum Gasteiger partial charge on any atom is -0.558 e. The van der Waals surface area contributed by atoms with E-state index in [0.29, 0.717) is 6.42 Å². The van der Waals surface area contributed by atoms with Crippen molar-refractivity contribution in [1.29, 1.82) is 0 Å². The smallest absolute Gasteiger partial charge is 0.558 e. The van der Waals surface area contributed by atoms with E-state index in [0.717, 1.165) is 22.9 Å². The Hall–Kier alpha value is -0.0826. The monoisotopic (exact) mass is 228 g/mol. The zero-order valence-electron chi connectivity index (χ0n) is 10.9. The van der Waals surface area contributed by atoms with Crippen molar-refractivity contribution in [1.82, 2.24) is 0 Å². The molecule has 0 fully saturated rings. The van der Waals surface area contributed by atoms with Crippen LogP contribution in [0.25, 0.3) is 0 Å². The summed E-state index contributed by atoms with van der Waals surface area (Å²) in [4.78, 5) is 12.0. The van der Waals surface area contributed by atoms with Crippen LogP contribution in [0.15, 0.2) is 6.07 Å². The number of hydrogen-bond acceptors (Lipinski definition) is 1. The van der Waals surface area contributed by atoms with Gasteiger partial charge in [0.05, 0.1) is 0 Å². The average Bonchev–Trinajstić information content (AvgIpc) is 2.16. The number of Topliss-reactive ketones (excluding diaryl/α,β-unsaturated/α-hetero) is 1. The molecule has 0 heterocycles. The van der Waals surface area contributed by atoms with E-state index >= 15 is 0 Å². The molecule has 0 amide bonds. The molecule has 0 bridgehead atoms. The first-order chi connectivity index (χ1) is 6.99. The first kappa shape index (κ1) is 15.9. The van der Waals surface area contributed by atoms with Gasteiger partial charge >= 0.3 is 18.9 Å². The molecule has 1 rings (SSSR count). The molecule has 1 aromatic rings. The summed E-state index contributed by atoms with van der Waals surface area (Å²) < 4.78 is 0. The van der Waals surface area contributed by atoms with Crippen molar-refractivity contribution in [2.24, 2.45) is 0 Å². The molecular weight excluding hydrogens is 210 g/mol. The predicted molar refractivity (Wildman–Crippen MR) is 67.5 cm³/mol. The van der Waals surface area contributed by atoms with Gasteiger partial charge in [-0.05, 0) is 56.4 Å². The Labute approximate surface area is 113 Å². The van der Waals surface area contributed by atoms with Gasteiger partial charge in [-0.2, -0.15) is 6.16 Å². The molecule has 0 aliphatic heterocycles. The summed E-state index contributed by atoms with van der Waals surface area (Å²) in [6.45, 7) is 8.18. The van der Waals surface area contributed by atoms with Crippen LogP contribution in [0.4, 0.5) is 0 Å². The molecule has 0 saturated carbocycles. The van der Waals surface area contributed by atoms with E-state index in [1.54, 1.807) is 0 Å². The van der Waals surface area contributed by atoms with Gasteiger partial charge in [-0.1, -0.05) is 6.07 Å². The summed E-state index contributed by atoms with van der Waals surface area (Å²) in [7, 11) is 3.36. The summed E-state index contributed by atoms with van der Waals surface area (Å²) in [5.41, 5.74) is 5.59. The first-order valence-electron chi connectivity index (χ1n) is 5.24. The van der Waals surface area contributed by atoms with Crippen molar-refractivity contribution >= 4 is 15.0 Å². The van der Waals surface area contributed by atoms with Crippen LogP contribution in [-0.2, 0) is 0 Å². The number of hydrogen-bond donors (Lipinski definition) is 0. The molecule has 1 aromatic carbocycles. The molecule has 0 aromatic heterocycles. The van der Waals surface area contributed by atoms with E-state index in [1.807, 2.05) is 13.8 Å². The van der Waals surface area contributed by atoms with Crippen molar-refractivity contribution in [2.45, 2.75) is 34.1 Å². The standard InChI is InChI=1S/C13H18OP.Li/c1-8-7-9(2)11(4)13(10(8)3)12(14)5-6-15;/h7,15H,5-6H2,1-4H3;/q-1;+1. The third-order valence-electron chi connectivity index (χ3n) is 3.00. The summed E-state index contributed by atoms with van der Waals surface area (Å²) in [5.74, 6) is 0.242. The Morgan fingerprint density at radius 1 is 1.12 bits per heavy atom. The van der Waals surface area contributed by atoms with E-state index in [2.05, 4.69) is 29.2 Å². The van der Waals surface area contributed by atoms with E-state index < -0.39 is 0 Å². The molecule has 0 aliphatic carbocycles. The molecule has 0 radical (unpaired) electrons. The van der Waals surface area contributed by atoms with Crippen molar-refractivity contribution in [3.63, 3.8) is 0 Å². The number of ketones is 1. The van der Waals surface area contributed by atoms with E-state index in [9.17, 15) is 4.79 Å². The molecule has 0 spiro atoms. The second kappa shape index (κ2) is 6.60. The van der Waals surface area contributed by atoms with Gasteiger partial charge in [-0.15, -0.1) is 0 Å². The van der Waals surface area contributed by atoms with Crippen LogP contribution in [0.1, 0.15) is 39.0 Å². The molecule has 0 saturated heterocycles. The molecule has 1 nitrogen and oxygen atoms in total. The van der Waals surface area contributed by atoms with Crippen LogP contribution >= 0.6 is 9.24 Å². The Morgan fingerprint density at radius 2 is 1.56 bits per heavy atom. The fourth-order valence-corrected chi connectivity index (χ4v) is 2.10. The molecule has 0 aliphatic rings. The molecule has 82 valence electrons. The van der Waals surface area contributed by atoms with Crippen LogP contribution in [-0.4, -0.2) is 11.9 Å². The van der Waals surface area contributed by atoms with E-state index in [-0.39, 0.29) is 24.6 Å². The Morgan fingerprint density at radius 3 is 1.94 bits per heavy atom. The van der Waals surface area contributed by atoms with Crippen LogP contribution in [0.5, 0.6) is 0 Å². The van der Waals surface area contributed by atoms with Crippen molar-refractivity contribution in [3.8, 4) is 0 Å². The predicted octanol–water partition coefficient (Wildman–Crippen LogP) is 0.640. The summed E-state index contributed by atoms with van der Waals surface area (Å²) in [6, 6.07) is 2.15. The van der Waals surface area contributed by atoms with Gasteiger partial charge in [-0.3, -0.25) is 4.79 Å². The van der Waals surface area contributed by atoms with Gasteiger partial charge < -0.3 is 9.24 Å². The minimum atomic E-state index is 0. The number of carbonyl (C=O) groups excluding carboxylic acids is 1. The number of carbonyl (C=O) groups is 1. The fraction of sp³-hybridized carbons (Fsp3) is 0.462. The Bertz CT molecular complexity index is 373. The van der Waals surface area contributed by atoms with Gasteiger partial charge in [0.15, 0.2) is 5.78 Å². The van der Waals surface area contributed by atoms with Gasteiger partial charge in [0.25, 0.3) is 0 Å². The minimum absolute atomic E-state index is 0. The van der Waals surface area contributed by atoms with Crippen LogP contribution < -0.4 is 18.9 Å². The van der Waals surface area contributed by atoms with E-state index in [4.69, 9.17) is 0 Å². The number of rotatable bonds is 3. The second-order valence-corrected chi connectivity index (χ2v) is 4.56. The van der Waals surface area contributed by atoms with Gasteiger partial charge in [0.2, 0.25) is 0 Å². The maximum atomic E-state index is 12.0. The average molecular weight is 228 g/mol. The van der Waals surface area contributed by atoms with Crippen molar-refractivity contribution in [2.75, 3.05) is 6.16 Å². The van der Waals surface area contributed by atoms with Gasteiger partial charge in [0.1, 0.15) is 0 Å². The zero-order chi connectivity index (χ0) is 11.6. The van der Waals surface area contributed by atoms with Crippen LogP contribution in [0.2, 0.25) is 0 Å². The maximum Gasteiger partial charge on any atom is 1.00 e. The number of aryl methyl sites for hydroxylation is 2. The molecular formula is C13H18LiOP. The van der Waals surface area contributed by atoms with Crippen LogP contribution in [0, 0.1) is 27.7 Å². The Kier molecular flexibility index (Phi) is 6.57. The molecule has 16 heavy (non-hydrogen) atoms. The fourth-order valence-electron chi connectivity index (χ4n) is 1.87. The van der Waals surface area contributed by atoms with Crippen molar-refractivity contribution < 1.29 is 23.7 Å². The summed E-state index contributed by atoms with van der Waals surface area (Å²) in [5, 5.41) is 0. The largest absolute Gasteiger partial charge is 1.00 e. The van der Waals surface area contributed by atoms with E-state index in [1.165, 1.54) is 11.1 Å². The summed E-state index contributed by atoms with van der Waals surface area (Å²) in [6.07, 6.45) is 1.30.